The Kier molecular flexibility index (Phi) is 15.1. The van der Waals surface area contributed by atoms with Crippen LogP contribution in [0.4, 0.5) is 0 Å². The van der Waals surface area contributed by atoms with E-state index in [4.69, 9.17) is 0 Å². The van der Waals surface area contributed by atoms with E-state index in [1.54, 1.807) is 13.0 Å². The molecule has 0 aliphatic carbocycles. The lowest BCUT2D eigenvalue weighted by atomic mass is 10.1. The lowest BCUT2D eigenvalue weighted by molar-refractivity contribution is -0.136. The number of carbonyl (C=O) groups excluding carboxylic acids is 2. The fourth-order valence-electron chi connectivity index (χ4n) is 2.20. The van der Waals surface area contributed by atoms with Gasteiger partial charge in [0, 0.05) is 17.7 Å². The van der Waals surface area contributed by atoms with Crippen molar-refractivity contribution in [1.29, 1.82) is 0 Å². The predicted molar refractivity (Wildman–Crippen MR) is 95.7 cm³/mol. The van der Waals surface area contributed by atoms with Gasteiger partial charge in [0.2, 0.25) is 0 Å². The lowest BCUT2D eigenvalue weighted by Crippen LogP contribution is -2.30. The van der Waals surface area contributed by atoms with Crippen LogP contribution in [0.5, 0.6) is 0 Å². The molecule has 0 aromatic heterocycles. The first-order chi connectivity index (χ1) is 10.6. The van der Waals surface area contributed by atoms with Crippen LogP contribution in [0.2, 0.25) is 0 Å². The predicted octanol–water partition coefficient (Wildman–Crippen LogP) is 5.27. The highest BCUT2D eigenvalue weighted by Crippen LogP contribution is 2.23. The molecular weight excluding hydrogens is 274 g/mol. The molecule has 1 aliphatic heterocycles. The molecule has 0 bridgehead atoms. The summed E-state index contributed by atoms with van der Waals surface area (Å²) in [7, 11) is 0. The second kappa shape index (κ2) is 14.6. The van der Waals surface area contributed by atoms with E-state index in [2.05, 4.69) is 13.5 Å². The zero-order valence-corrected chi connectivity index (χ0v) is 15.5. The van der Waals surface area contributed by atoms with E-state index in [0.717, 1.165) is 12.8 Å². The Labute approximate surface area is 137 Å². The molecule has 22 heavy (non-hydrogen) atoms. The lowest BCUT2D eigenvalue weighted by Gasteiger charge is -2.12. The van der Waals surface area contributed by atoms with Crippen LogP contribution in [0.25, 0.3) is 0 Å². The van der Waals surface area contributed by atoms with E-state index in [1.165, 1.54) is 30.6 Å². The summed E-state index contributed by atoms with van der Waals surface area (Å²) in [5.41, 5.74) is 0.805. The van der Waals surface area contributed by atoms with Crippen molar-refractivity contribution in [3.8, 4) is 0 Å². The highest BCUT2D eigenvalue weighted by Gasteiger charge is 2.36. The molecule has 3 heteroatoms. The summed E-state index contributed by atoms with van der Waals surface area (Å²) >= 11 is 0. The highest BCUT2D eigenvalue weighted by molar-refractivity contribution is 6.24. The fourth-order valence-corrected chi connectivity index (χ4v) is 2.20. The maximum Gasteiger partial charge on any atom is 0.261 e. The minimum Gasteiger partial charge on any atom is -0.274 e. The first-order valence-electron chi connectivity index (χ1n) is 8.85. The van der Waals surface area contributed by atoms with E-state index >= 15 is 0 Å². The second-order valence-electron chi connectivity index (χ2n) is 4.71. The van der Waals surface area contributed by atoms with Crippen LogP contribution in [0.3, 0.4) is 0 Å². The van der Waals surface area contributed by atoms with Crippen LogP contribution < -0.4 is 0 Å². The molecular formula is C19H35NO2. The van der Waals surface area contributed by atoms with Crippen LogP contribution in [-0.4, -0.2) is 23.3 Å². The average Bonchev–Trinajstić information content (AvgIpc) is 2.77. The number of nitrogens with zero attached hydrogens (tertiary/aromatic N) is 1. The average molecular weight is 309 g/mol. The normalized spacial score (nSPS) is 15.5. The number of allylic oxidation sites excluding steroid dienone is 1. The Morgan fingerprint density at radius 2 is 1.41 bits per heavy atom. The van der Waals surface area contributed by atoms with Gasteiger partial charge in [0.1, 0.15) is 0 Å². The zero-order chi connectivity index (χ0) is 17.5. The molecule has 128 valence electrons. The Morgan fingerprint density at radius 3 is 1.86 bits per heavy atom. The second-order valence-corrected chi connectivity index (χ2v) is 4.71. The molecule has 2 amide bonds. The van der Waals surface area contributed by atoms with Gasteiger partial charge in [-0.05, 0) is 13.3 Å². The molecule has 0 unspecified atom stereocenters. The largest absolute Gasteiger partial charge is 0.274 e. The Hall–Kier alpha value is -1.38. The molecule has 1 fully saturated rings. The molecule has 0 N–H and O–H groups in total. The fraction of sp³-hybridized carbons (Fsp3) is 0.684. The first-order valence-corrected chi connectivity index (χ1v) is 8.85. The maximum atomic E-state index is 11.9. The molecule has 0 radical (unpaired) electrons. The monoisotopic (exact) mass is 309 g/mol. The van der Waals surface area contributed by atoms with Gasteiger partial charge >= 0.3 is 0 Å². The van der Waals surface area contributed by atoms with E-state index < -0.39 is 0 Å². The van der Waals surface area contributed by atoms with E-state index in [0.29, 0.717) is 17.7 Å². The minimum absolute atomic E-state index is 0.180. The number of unbranched alkanes of at least 4 members (excludes halogenated alkanes) is 5. The van der Waals surface area contributed by atoms with Crippen molar-refractivity contribution in [3.05, 3.63) is 23.8 Å². The summed E-state index contributed by atoms with van der Waals surface area (Å²) in [6.45, 7) is 16.2. The minimum atomic E-state index is -0.221. The summed E-state index contributed by atoms with van der Waals surface area (Å²) in [6.07, 6.45) is 8.56. The van der Waals surface area contributed by atoms with Crippen LogP contribution in [0, 0.1) is 0 Å². The van der Waals surface area contributed by atoms with Gasteiger partial charge in [-0.15, -0.1) is 0 Å². The smallest absolute Gasteiger partial charge is 0.261 e. The summed E-state index contributed by atoms with van der Waals surface area (Å²) in [6, 6.07) is 0. The van der Waals surface area contributed by atoms with Gasteiger partial charge in [-0.1, -0.05) is 79.4 Å². The Bertz CT molecular complexity index is 370. The summed E-state index contributed by atoms with van der Waals surface area (Å²) in [5, 5.41) is 0. The number of hydrogen-bond acceptors (Lipinski definition) is 2. The quantitative estimate of drug-likeness (QED) is 0.365. The van der Waals surface area contributed by atoms with Crippen molar-refractivity contribution < 1.29 is 9.59 Å². The topological polar surface area (TPSA) is 37.4 Å². The summed E-state index contributed by atoms with van der Waals surface area (Å²) in [5.74, 6) is -0.400. The SMILES string of the molecule is C=C1C(=O)N(CCCCCCCC)C(=O)/C1=C\C.CC.CC. The third-order valence-electron chi connectivity index (χ3n) is 3.33. The van der Waals surface area contributed by atoms with Crippen molar-refractivity contribution >= 4 is 11.8 Å². The third kappa shape index (κ3) is 7.06. The van der Waals surface area contributed by atoms with Crippen LogP contribution in [0.15, 0.2) is 23.8 Å². The number of amides is 2. The molecule has 0 aromatic carbocycles. The molecule has 0 aromatic rings. The third-order valence-corrected chi connectivity index (χ3v) is 3.33. The standard InChI is InChI=1S/C15H23NO2.2C2H6/c1-4-6-7-8-9-10-11-16-14(17)12(3)13(5-2)15(16)18;2*1-2/h5H,3-4,6-11H2,1-2H3;2*1-2H3/b13-5-;;. The van der Waals surface area contributed by atoms with Gasteiger partial charge in [-0.3, -0.25) is 14.5 Å². The maximum absolute atomic E-state index is 11.9. The van der Waals surface area contributed by atoms with Gasteiger partial charge in [0.15, 0.2) is 0 Å². The van der Waals surface area contributed by atoms with E-state index in [-0.39, 0.29) is 11.8 Å². The number of likely N-dealkylation sites (tertiary alicyclic amines) is 1. The van der Waals surface area contributed by atoms with E-state index in [9.17, 15) is 9.59 Å². The van der Waals surface area contributed by atoms with Gasteiger partial charge in [0.25, 0.3) is 11.8 Å². The molecule has 0 atom stereocenters. The Balaban J connectivity index is 0. The molecule has 0 saturated carbocycles. The van der Waals surface area contributed by atoms with Crippen LogP contribution >= 0.6 is 0 Å². The van der Waals surface area contributed by atoms with Crippen molar-refractivity contribution in [2.45, 2.75) is 80.1 Å². The van der Waals surface area contributed by atoms with Crippen LogP contribution in [0.1, 0.15) is 80.1 Å². The Morgan fingerprint density at radius 1 is 0.909 bits per heavy atom. The summed E-state index contributed by atoms with van der Waals surface area (Å²) in [4.78, 5) is 25.0. The molecule has 1 aliphatic rings. The van der Waals surface area contributed by atoms with Crippen molar-refractivity contribution in [2.24, 2.45) is 0 Å². The number of rotatable bonds is 7. The van der Waals surface area contributed by atoms with Gasteiger partial charge in [0.05, 0.1) is 0 Å². The number of carbonyl (C=O) groups is 2. The molecule has 1 rings (SSSR count). The van der Waals surface area contributed by atoms with Gasteiger partial charge in [-0.2, -0.15) is 0 Å². The molecule has 1 heterocycles. The van der Waals surface area contributed by atoms with Gasteiger partial charge < -0.3 is 0 Å². The summed E-state index contributed by atoms with van der Waals surface area (Å²) < 4.78 is 0. The number of hydrogen-bond donors (Lipinski definition) is 0. The zero-order valence-electron chi connectivity index (χ0n) is 15.5. The van der Waals surface area contributed by atoms with E-state index in [1.807, 2.05) is 27.7 Å². The van der Waals surface area contributed by atoms with Crippen molar-refractivity contribution in [3.63, 3.8) is 0 Å². The number of imide groups is 1. The van der Waals surface area contributed by atoms with Crippen molar-refractivity contribution in [1.82, 2.24) is 4.90 Å². The molecule has 1 saturated heterocycles. The van der Waals surface area contributed by atoms with Crippen molar-refractivity contribution in [2.75, 3.05) is 6.54 Å². The molecule has 3 nitrogen and oxygen atoms in total. The van der Waals surface area contributed by atoms with Gasteiger partial charge in [-0.25, -0.2) is 0 Å². The van der Waals surface area contributed by atoms with Crippen LogP contribution in [-0.2, 0) is 9.59 Å². The molecule has 0 spiro atoms. The first kappa shape index (κ1) is 22.9. The highest BCUT2D eigenvalue weighted by atomic mass is 16.2.